The molecule has 21 heavy (non-hydrogen) atoms. The van der Waals surface area contributed by atoms with Gasteiger partial charge in [-0.15, -0.1) is 0 Å². The van der Waals surface area contributed by atoms with Crippen LogP contribution >= 0.6 is 0 Å². The maximum atomic E-state index is 11.8. The molecule has 6 heteroatoms. The Bertz CT molecular complexity index is 336. The summed E-state index contributed by atoms with van der Waals surface area (Å²) in [7, 11) is 1.57. The number of hydrogen-bond donors (Lipinski definition) is 3. The summed E-state index contributed by atoms with van der Waals surface area (Å²) in [6.45, 7) is 3.33. The maximum Gasteiger partial charge on any atom is 0.326 e. The molecule has 0 aromatic carbocycles. The molecule has 3 N–H and O–H groups in total. The molecule has 6 nitrogen and oxygen atoms in total. The van der Waals surface area contributed by atoms with Crippen molar-refractivity contribution >= 4 is 12.0 Å². The highest BCUT2D eigenvalue weighted by Crippen LogP contribution is 2.28. The minimum atomic E-state index is -1.01. The number of aliphatic carboxylic acids is 1. The molecule has 1 fully saturated rings. The summed E-state index contributed by atoms with van der Waals surface area (Å²) in [6.07, 6.45) is 5.81. The van der Waals surface area contributed by atoms with Crippen LogP contribution in [0.2, 0.25) is 0 Å². The summed E-state index contributed by atoms with van der Waals surface area (Å²) in [4.78, 5) is 22.9. The lowest BCUT2D eigenvalue weighted by Crippen LogP contribution is -2.47. The summed E-state index contributed by atoms with van der Waals surface area (Å²) in [5.41, 5.74) is 0. The molecule has 0 saturated heterocycles. The molecule has 3 atom stereocenters. The smallest absolute Gasteiger partial charge is 0.326 e. The van der Waals surface area contributed by atoms with Gasteiger partial charge in [-0.25, -0.2) is 9.59 Å². The number of amides is 2. The van der Waals surface area contributed by atoms with Gasteiger partial charge in [0.05, 0.1) is 0 Å². The lowest BCUT2D eigenvalue weighted by Gasteiger charge is -2.29. The van der Waals surface area contributed by atoms with Crippen LogP contribution in [0.25, 0.3) is 0 Å². The monoisotopic (exact) mass is 300 g/mol. The number of carboxylic acid groups (broad SMARTS) is 1. The molecule has 1 saturated carbocycles. The van der Waals surface area contributed by atoms with E-state index in [9.17, 15) is 9.59 Å². The van der Waals surface area contributed by atoms with Gasteiger partial charge in [-0.3, -0.25) is 0 Å². The number of carbonyl (C=O) groups is 2. The van der Waals surface area contributed by atoms with Crippen molar-refractivity contribution in [3.63, 3.8) is 0 Å². The van der Waals surface area contributed by atoms with Crippen molar-refractivity contribution in [1.29, 1.82) is 0 Å². The quantitative estimate of drug-likeness (QED) is 0.598. The number of ether oxygens (including phenoxy) is 1. The molecule has 2 amide bonds. The summed E-state index contributed by atoms with van der Waals surface area (Å²) in [5.74, 6) is 0.115. The standard InChI is InChI=1S/C15H28N2O4/c1-11-6-3-4-7-12(11)10-16-15(20)17-13(14(18)19)8-5-9-21-2/h11-13H,3-10H2,1-2H3,(H,18,19)(H2,16,17,20). The number of carbonyl (C=O) groups excluding carboxylic acids is 1. The van der Waals surface area contributed by atoms with Crippen molar-refractivity contribution in [2.45, 2.75) is 51.5 Å². The Labute approximate surface area is 126 Å². The van der Waals surface area contributed by atoms with Crippen LogP contribution in [0.15, 0.2) is 0 Å². The summed E-state index contributed by atoms with van der Waals surface area (Å²) >= 11 is 0. The van der Waals surface area contributed by atoms with Crippen LogP contribution in [0.1, 0.15) is 45.4 Å². The third-order valence-electron chi connectivity index (χ3n) is 4.26. The highest BCUT2D eigenvalue weighted by Gasteiger charge is 2.23. The third-order valence-corrected chi connectivity index (χ3v) is 4.26. The summed E-state index contributed by atoms with van der Waals surface area (Å²) in [5, 5.41) is 14.4. The molecule has 0 radical (unpaired) electrons. The minimum Gasteiger partial charge on any atom is -0.480 e. The van der Waals surface area contributed by atoms with Crippen molar-refractivity contribution in [3.05, 3.63) is 0 Å². The number of carboxylic acids is 1. The second-order valence-electron chi connectivity index (χ2n) is 5.90. The lowest BCUT2D eigenvalue weighted by atomic mass is 9.80. The van der Waals surface area contributed by atoms with E-state index in [1.807, 2.05) is 0 Å². The van der Waals surface area contributed by atoms with Gasteiger partial charge in [-0.05, 0) is 31.1 Å². The number of urea groups is 1. The van der Waals surface area contributed by atoms with Gasteiger partial charge in [0.25, 0.3) is 0 Å². The highest BCUT2D eigenvalue weighted by molar-refractivity contribution is 5.82. The molecule has 122 valence electrons. The van der Waals surface area contributed by atoms with Crippen LogP contribution in [-0.4, -0.2) is 43.4 Å². The number of nitrogens with one attached hydrogen (secondary N) is 2. The molecule has 0 bridgehead atoms. The predicted octanol–water partition coefficient (Wildman–Crippen LogP) is 1.99. The van der Waals surface area contributed by atoms with Crippen LogP contribution in [0.4, 0.5) is 4.79 Å². The van der Waals surface area contributed by atoms with Gasteiger partial charge in [-0.1, -0.05) is 26.2 Å². The van der Waals surface area contributed by atoms with Gasteiger partial charge in [0, 0.05) is 20.3 Å². The summed E-state index contributed by atoms with van der Waals surface area (Å²) in [6, 6.07) is -1.25. The third kappa shape index (κ3) is 6.80. The second kappa shape index (κ2) is 9.60. The van der Waals surface area contributed by atoms with Gasteiger partial charge < -0.3 is 20.5 Å². The van der Waals surface area contributed by atoms with E-state index in [4.69, 9.17) is 9.84 Å². The zero-order valence-corrected chi connectivity index (χ0v) is 13.1. The first-order valence-electron chi connectivity index (χ1n) is 7.80. The van der Waals surface area contributed by atoms with Gasteiger partial charge in [0.15, 0.2) is 0 Å². The Morgan fingerprint density at radius 3 is 2.67 bits per heavy atom. The van der Waals surface area contributed by atoms with Crippen LogP contribution in [0.5, 0.6) is 0 Å². The van der Waals surface area contributed by atoms with Gasteiger partial charge >= 0.3 is 12.0 Å². The first-order chi connectivity index (χ1) is 10.0. The predicted molar refractivity (Wildman–Crippen MR) is 80.2 cm³/mol. The van der Waals surface area contributed by atoms with Crippen molar-refractivity contribution in [2.24, 2.45) is 11.8 Å². The van der Waals surface area contributed by atoms with E-state index in [1.54, 1.807) is 7.11 Å². The lowest BCUT2D eigenvalue weighted by molar-refractivity contribution is -0.139. The molecule has 3 unspecified atom stereocenters. The maximum absolute atomic E-state index is 11.8. The Morgan fingerprint density at radius 2 is 2.05 bits per heavy atom. The fraction of sp³-hybridized carbons (Fsp3) is 0.867. The van der Waals surface area contributed by atoms with Crippen LogP contribution < -0.4 is 10.6 Å². The number of rotatable bonds is 8. The van der Waals surface area contributed by atoms with Crippen LogP contribution in [0, 0.1) is 11.8 Å². The van der Waals surface area contributed by atoms with Gasteiger partial charge in [-0.2, -0.15) is 0 Å². The molecule has 0 heterocycles. The Balaban J connectivity index is 2.30. The number of methoxy groups -OCH3 is 1. The Kier molecular flexibility index (Phi) is 8.12. The molecule has 0 aliphatic heterocycles. The van der Waals surface area contributed by atoms with Gasteiger partial charge in [0.1, 0.15) is 6.04 Å². The fourth-order valence-electron chi connectivity index (χ4n) is 2.82. The first kappa shape index (κ1) is 17.8. The SMILES string of the molecule is COCCCC(NC(=O)NCC1CCCCC1C)C(=O)O. The van der Waals surface area contributed by atoms with Crippen LogP contribution in [0.3, 0.4) is 0 Å². The van der Waals surface area contributed by atoms with E-state index in [2.05, 4.69) is 17.6 Å². The molecule has 1 rings (SSSR count). The van der Waals surface area contributed by atoms with E-state index in [0.717, 1.165) is 6.42 Å². The van der Waals surface area contributed by atoms with E-state index in [1.165, 1.54) is 19.3 Å². The zero-order valence-electron chi connectivity index (χ0n) is 13.1. The van der Waals surface area contributed by atoms with Crippen molar-refractivity contribution in [3.8, 4) is 0 Å². The normalized spacial score (nSPS) is 23.3. The Hall–Kier alpha value is -1.30. The molecule has 1 aliphatic carbocycles. The molecule has 0 aromatic rings. The molecule has 1 aliphatic rings. The average Bonchev–Trinajstić information content (AvgIpc) is 2.45. The van der Waals surface area contributed by atoms with E-state index < -0.39 is 18.0 Å². The van der Waals surface area contributed by atoms with E-state index in [0.29, 0.717) is 37.8 Å². The molecule has 0 spiro atoms. The van der Waals surface area contributed by atoms with Gasteiger partial charge in [0.2, 0.25) is 0 Å². The van der Waals surface area contributed by atoms with E-state index >= 15 is 0 Å². The zero-order chi connectivity index (χ0) is 15.7. The van der Waals surface area contributed by atoms with Crippen molar-refractivity contribution in [2.75, 3.05) is 20.3 Å². The number of hydrogen-bond acceptors (Lipinski definition) is 3. The summed E-state index contributed by atoms with van der Waals surface area (Å²) < 4.78 is 4.89. The molecular weight excluding hydrogens is 272 g/mol. The highest BCUT2D eigenvalue weighted by atomic mass is 16.5. The molecular formula is C15H28N2O4. The van der Waals surface area contributed by atoms with Crippen molar-refractivity contribution in [1.82, 2.24) is 10.6 Å². The topological polar surface area (TPSA) is 87.7 Å². The average molecular weight is 300 g/mol. The van der Waals surface area contributed by atoms with Crippen LogP contribution in [-0.2, 0) is 9.53 Å². The van der Waals surface area contributed by atoms with E-state index in [-0.39, 0.29) is 0 Å². The molecule has 0 aromatic heterocycles. The van der Waals surface area contributed by atoms with Crippen molar-refractivity contribution < 1.29 is 19.4 Å². The first-order valence-corrected chi connectivity index (χ1v) is 7.80. The second-order valence-corrected chi connectivity index (χ2v) is 5.90. The minimum absolute atomic E-state index is 0.371. The largest absolute Gasteiger partial charge is 0.480 e. The fourth-order valence-corrected chi connectivity index (χ4v) is 2.82. The Morgan fingerprint density at radius 1 is 1.33 bits per heavy atom.